The molecule has 1 aromatic carbocycles. The number of nitrogens with one attached hydrogen (secondary N) is 1. The van der Waals surface area contributed by atoms with Crippen LogP contribution in [-0.4, -0.2) is 42.1 Å². The summed E-state index contributed by atoms with van der Waals surface area (Å²) in [6, 6.07) is 8.73. The van der Waals surface area contributed by atoms with Gasteiger partial charge in [0.15, 0.2) is 17.1 Å². The van der Waals surface area contributed by atoms with E-state index < -0.39 is 0 Å². The van der Waals surface area contributed by atoms with Crippen molar-refractivity contribution in [3.8, 4) is 22.8 Å². The highest BCUT2D eigenvalue weighted by Crippen LogP contribution is 2.31. The molecule has 0 saturated heterocycles. The van der Waals surface area contributed by atoms with E-state index in [0.29, 0.717) is 17.3 Å². The number of nitrogens with zero attached hydrogens (tertiary/aromatic N) is 3. The molecule has 0 radical (unpaired) electrons. The second-order valence-electron chi connectivity index (χ2n) is 6.49. The fraction of sp³-hybridized carbons (Fsp3) is 0.333. The zero-order chi connectivity index (χ0) is 17.4. The van der Waals surface area contributed by atoms with Gasteiger partial charge in [-0.05, 0) is 56.0 Å². The molecule has 2 aromatic heterocycles. The SMILES string of the molecule is Oc1ccc(-c2cnc3ccc(N[C@H]4CC[C@H](O)CC4)nn23)cc1O. The van der Waals surface area contributed by atoms with Crippen LogP contribution < -0.4 is 5.32 Å². The third kappa shape index (κ3) is 3.10. The molecule has 1 aliphatic carbocycles. The molecule has 0 spiro atoms. The molecule has 1 aliphatic rings. The van der Waals surface area contributed by atoms with Gasteiger partial charge in [-0.3, -0.25) is 0 Å². The number of aliphatic hydroxyl groups is 1. The Morgan fingerprint density at radius 2 is 1.80 bits per heavy atom. The van der Waals surface area contributed by atoms with Crippen molar-refractivity contribution < 1.29 is 15.3 Å². The molecule has 7 heteroatoms. The predicted molar refractivity (Wildman–Crippen MR) is 93.6 cm³/mol. The Bertz CT molecular complexity index is 900. The average Bonchev–Trinajstić information content (AvgIpc) is 3.03. The molecule has 0 aliphatic heterocycles. The lowest BCUT2D eigenvalue weighted by molar-refractivity contribution is 0.126. The highest BCUT2D eigenvalue weighted by atomic mass is 16.3. The van der Waals surface area contributed by atoms with E-state index in [2.05, 4.69) is 15.4 Å². The first-order chi connectivity index (χ1) is 12.1. The normalized spacial score (nSPS) is 20.7. The lowest BCUT2D eigenvalue weighted by atomic mass is 9.93. The second-order valence-corrected chi connectivity index (χ2v) is 6.49. The largest absolute Gasteiger partial charge is 0.504 e. The van der Waals surface area contributed by atoms with Crippen LogP contribution in [-0.2, 0) is 0 Å². The van der Waals surface area contributed by atoms with Gasteiger partial charge in [-0.2, -0.15) is 0 Å². The number of anilines is 1. The molecular formula is C18H20N4O3. The van der Waals surface area contributed by atoms with E-state index in [4.69, 9.17) is 0 Å². The van der Waals surface area contributed by atoms with E-state index >= 15 is 0 Å². The van der Waals surface area contributed by atoms with Crippen LogP contribution in [0, 0.1) is 0 Å². The number of aliphatic hydroxyl groups excluding tert-OH is 1. The summed E-state index contributed by atoms with van der Waals surface area (Å²) in [5.41, 5.74) is 2.15. The van der Waals surface area contributed by atoms with Crippen molar-refractivity contribution >= 4 is 11.5 Å². The van der Waals surface area contributed by atoms with E-state index in [1.807, 2.05) is 12.1 Å². The molecule has 1 saturated carbocycles. The van der Waals surface area contributed by atoms with Crippen LogP contribution in [0.25, 0.3) is 16.9 Å². The van der Waals surface area contributed by atoms with Crippen molar-refractivity contribution in [1.29, 1.82) is 0 Å². The topological polar surface area (TPSA) is 103 Å². The Labute approximate surface area is 144 Å². The number of imidazole rings is 1. The maximum absolute atomic E-state index is 9.73. The first kappa shape index (κ1) is 15.7. The maximum atomic E-state index is 9.73. The van der Waals surface area contributed by atoms with Gasteiger partial charge in [-0.1, -0.05) is 0 Å². The maximum Gasteiger partial charge on any atom is 0.158 e. The lowest BCUT2D eigenvalue weighted by Gasteiger charge is -2.26. The quantitative estimate of drug-likeness (QED) is 0.546. The van der Waals surface area contributed by atoms with Gasteiger partial charge in [0.1, 0.15) is 5.82 Å². The lowest BCUT2D eigenvalue weighted by Crippen LogP contribution is -2.28. The standard InChI is InChI=1S/C18H20N4O3/c23-13-4-2-12(3-5-13)20-17-7-8-18-19-10-14(22(18)21-17)11-1-6-15(24)16(25)9-11/h1,6-10,12-13,23-25H,2-5H2,(H,20,21)/t12-,13-. The predicted octanol–water partition coefficient (Wildman–Crippen LogP) is 2.52. The average molecular weight is 340 g/mol. The van der Waals surface area contributed by atoms with Crippen LogP contribution >= 0.6 is 0 Å². The highest BCUT2D eigenvalue weighted by molar-refractivity contribution is 5.66. The van der Waals surface area contributed by atoms with Gasteiger partial charge < -0.3 is 20.6 Å². The van der Waals surface area contributed by atoms with E-state index in [-0.39, 0.29) is 17.6 Å². The van der Waals surface area contributed by atoms with Crippen LogP contribution in [0.15, 0.2) is 36.5 Å². The first-order valence-electron chi connectivity index (χ1n) is 8.42. The molecule has 0 amide bonds. The van der Waals surface area contributed by atoms with Crippen molar-refractivity contribution in [3.05, 3.63) is 36.5 Å². The van der Waals surface area contributed by atoms with Gasteiger partial charge in [-0.15, -0.1) is 5.10 Å². The summed E-state index contributed by atoms with van der Waals surface area (Å²) in [4.78, 5) is 4.34. The molecular weight excluding hydrogens is 320 g/mol. The van der Waals surface area contributed by atoms with Crippen molar-refractivity contribution in [2.75, 3.05) is 5.32 Å². The molecule has 1 fully saturated rings. The number of aromatic hydroxyl groups is 2. The van der Waals surface area contributed by atoms with Crippen LogP contribution in [0.3, 0.4) is 0 Å². The van der Waals surface area contributed by atoms with Crippen molar-refractivity contribution in [2.45, 2.75) is 37.8 Å². The summed E-state index contributed by atoms with van der Waals surface area (Å²) in [6.45, 7) is 0. The molecule has 7 nitrogen and oxygen atoms in total. The monoisotopic (exact) mass is 340 g/mol. The first-order valence-corrected chi connectivity index (χ1v) is 8.42. The summed E-state index contributed by atoms with van der Waals surface area (Å²) in [5.74, 6) is 0.408. The Kier molecular flexibility index (Phi) is 3.93. The zero-order valence-electron chi connectivity index (χ0n) is 13.6. The Hall–Kier alpha value is -2.80. The minimum atomic E-state index is -0.184. The number of phenolic OH excluding ortho intramolecular Hbond substituents is 2. The molecule has 0 atom stereocenters. The molecule has 2 heterocycles. The summed E-state index contributed by atoms with van der Waals surface area (Å²) < 4.78 is 1.71. The van der Waals surface area contributed by atoms with Gasteiger partial charge in [0.05, 0.1) is 18.0 Å². The van der Waals surface area contributed by atoms with Gasteiger partial charge in [0, 0.05) is 11.6 Å². The molecule has 0 bridgehead atoms. The number of fused-ring (bicyclic) bond motifs is 1. The van der Waals surface area contributed by atoms with Crippen LogP contribution in [0.5, 0.6) is 11.5 Å². The third-order valence-corrected chi connectivity index (χ3v) is 4.68. The van der Waals surface area contributed by atoms with Gasteiger partial charge in [0.2, 0.25) is 0 Å². The fourth-order valence-corrected chi connectivity index (χ4v) is 3.26. The number of rotatable bonds is 3. The van der Waals surface area contributed by atoms with Crippen LogP contribution in [0.2, 0.25) is 0 Å². The van der Waals surface area contributed by atoms with E-state index in [1.54, 1.807) is 16.8 Å². The number of hydrogen-bond acceptors (Lipinski definition) is 6. The van der Waals surface area contributed by atoms with Gasteiger partial charge in [0.25, 0.3) is 0 Å². The summed E-state index contributed by atoms with van der Waals surface area (Å²) in [7, 11) is 0. The van der Waals surface area contributed by atoms with Crippen molar-refractivity contribution in [1.82, 2.24) is 14.6 Å². The number of benzene rings is 1. The highest BCUT2D eigenvalue weighted by Gasteiger charge is 2.19. The molecule has 0 unspecified atom stereocenters. The Morgan fingerprint density at radius 1 is 1.00 bits per heavy atom. The van der Waals surface area contributed by atoms with Gasteiger partial charge in [-0.25, -0.2) is 9.50 Å². The molecule has 130 valence electrons. The minimum Gasteiger partial charge on any atom is -0.504 e. The smallest absolute Gasteiger partial charge is 0.158 e. The van der Waals surface area contributed by atoms with Gasteiger partial charge >= 0.3 is 0 Å². The fourth-order valence-electron chi connectivity index (χ4n) is 3.26. The number of phenols is 2. The van der Waals surface area contributed by atoms with E-state index in [1.165, 1.54) is 12.1 Å². The Balaban J connectivity index is 1.64. The number of aromatic nitrogens is 3. The summed E-state index contributed by atoms with van der Waals surface area (Å²) >= 11 is 0. The van der Waals surface area contributed by atoms with E-state index in [9.17, 15) is 15.3 Å². The second kappa shape index (κ2) is 6.25. The van der Waals surface area contributed by atoms with E-state index in [0.717, 1.165) is 37.2 Å². The molecule has 3 aromatic rings. The molecule has 4 N–H and O–H groups in total. The van der Waals surface area contributed by atoms with Crippen LogP contribution in [0.4, 0.5) is 5.82 Å². The van der Waals surface area contributed by atoms with Crippen molar-refractivity contribution in [2.24, 2.45) is 0 Å². The van der Waals surface area contributed by atoms with Crippen LogP contribution in [0.1, 0.15) is 25.7 Å². The third-order valence-electron chi connectivity index (χ3n) is 4.68. The zero-order valence-corrected chi connectivity index (χ0v) is 13.6. The molecule has 25 heavy (non-hydrogen) atoms. The summed E-state index contributed by atoms with van der Waals surface area (Å²) in [6.07, 6.45) is 4.96. The molecule has 4 rings (SSSR count). The number of hydrogen-bond donors (Lipinski definition) is 4. The Morgan fingerprint density at radius 3 is 2.56 bits per heavy atom. The summed E-state index contributed by atoms with van der Waals surface area (Å²) in [5, 5.41) is 36.9. The minimum absolute atomic E-state index is 0.160. The van der Waals surface area contributed by atoms with Crippen molar-refractivity contribution in [3.63, 3.8) is 0 Å².